The number of hydrogen-bond donors (Lipinski definition) is 1. The summed E-state index contributed by atoms with van der Waals surface area (Å²) in [6.07, 6.45) is 2.52. The van der Waals surface area contributed by atoms with E-state index in [1.807, 2.05) is 0 Å². The Balaban J connectivity index is 1.87. The van der Waals surface area contributed by atoms with Gasteiger partial charge in [-0.2, -0.15) is 0 Å². The minimum atomic E-state index is -0.961. The fourth-order valence-corrected chi connectivity index (χ4v) is 2.93. The predicted octanol–water partition coefficient (Wildman–Crippen LogP) is 2.99. The molecular weight excluding hydrogens is 436 g/mol. The van der Waals surface area contributed by atoms with Gasteiger partial charge in [-0.1, -0.05) is 22.0 Å². The Kier molecular flexibility index (Phi) is 5.55. The van der Waals surface area contributed by atoms with Crippen molar-refractivity contribution in [3.63, 3.8) is 0 Å². The molecule has 6 nitrogen and oxygen atoms in total. The lowest BCUT2D eigenvalue weighted by atomic mass is 10.2. The van der Waals surface area contributed by atoms with Gasteiger partial charge in [0.25, 0.3) is 0 Å². The predicted molar refractivity (Wildman–Crippen MR) is 104 cm³/mol. The minimum Gasteiger partial charge on any atom is -0.322 e. The van der Waals surface area contributed by atoms with Crippen molar-refractivity contribution in [1.82, 2.24) is 9.13 Å². The van der Waals surface area contributed by atoms with E-state index in [4.69, 9.17) is 0 Å². The van der Waals surface area contributed by atoms with Crippen LogP contribution in [0.4, 0.5) is 14.5 Å². The van der Waals surface area contributed by atoms with Crippen molar-refractivity contribution in [3.8, 4) is 5.69 Å². The molecule has 0 saturated carbocycles. The molecule has 1 aromatic heterocycles. The van der Waals surface area contributed by atoms with Gasteiger partial charge < -0.3 is 5.32 Å². The smallest absolute Gasteiger partial charge is 0.320 e. The van der Waals surface area contributed by atoms with Crippen LogP contribution in [0.2, 0.25) is 0 Å². The highest BCUT2D eigenvalue weighted by Gasteiger charge is 2.13. The molecule has 0 atom stereocenters. The molecule has 0 aliphatic rings. The molecule has 1 heterocycles. The second-order valence-electron chi connectivity index (χ2n) is 6.01. The van der Waals surface area contributed by atoms with Crippen molar-refractivity contribution in [2.75, 3.05) is 5.32 Å². The Morgan fingerprint density at radius 3 is 2.54 bits per heavy atom. The zero-order chi connectivity index (χ0) is 20.4. The SMILES string of the molecule is Cc1ccc(F)cc1-n1ccn(CC(=O)Nc2ccc(Br)cc2F)c(=O)c1=O. The zero-order valence-corrected chi connectivity index (χ0v) is 16.2. The lowest BCUT2D eigenvalue weighted by molar-refractivity contribution is -0.116. The Labute approximate surface area is 166 Å². The normalized spacial score (nSPS) is 10.7. The van der Waals surface area contributed by atoms with Crippen LogP contribution < -0.4 is 16.4 Å². The van der Waals surface area contributed by atoms with Crippen molar-refractivity contribution in [3.05, 3.63) is 91.2 Å². The van der Waals surface area contributed by atoms with Crippen LogP contribution in [-0.2, 0) is 11.3 Å². The number of carbonyl (C=O) groups is 1. The lowest BCUT2D eigenvalue weighted by Gasteiger charge is -2.11. The largest absolute Gasteiger partial charge is 0.322 e. The molecule has 0 radical (unpaired) electrons. The van der Waals surface area contributed by atoms with Crippen LogP contribution in [0.5, 0.6) is 0 Å². The van der Waals surface area contributed by atoms with Crippen molar-refractivity contribution < 1.29 is 13.6 Å². The molecule has 144 valence electrons. The maximum Gasteiger partial charge on any atom is 0.320 e. The van der Waals surface area contributed by atoms with Crippen molar-refractivity contribution in [2.24, 2.45) is 0 Å². The highest BCUT2D eigenvalue weighted by molar-refractivity contribution is 9.10. The number of halogens is 3. The van der Waals surface area contributed by atoms with Gasteiger partial charge in [0.05, 0.1) is 11.4 Å². The first kappa shape index (κ1) is 19.7. The average Bonchev–Trinajstić information content (AvgIpc) is 2.64. The summed E-state index contributed by atoms with van der Waals surface area (Å²) in [5, 5.41) is 2.34. The topological polar surface area (TPSA) is 73.1 Å². The number of carbonyl (C=O) groups excluding carboxylic acids is 1. The van der Waals surface area contributed by atoms with Gasteiger partial charge in [0.2, 0.25) is 5.91 Å². The van der Waals surface area contributed by atoms with E-state index in [0.717, 1.165) is 15.2 Å². The van der Waals surface area contributed by atoms with E-state index >= 15 is 0 Å². The summed E-state index contributed by atoms with van der Waals surface area (Å²) in [5.74, 6) is -1.87. The zero-order valence-electron chi connectivity index (χ0n) is 14.6. The molecule has 0 spiro atoms. The number of rotatable bonds is 4. The molecule has 3 rings (SSSR count). The molecule has 28 heavy (non-hydrogen) atoms. The Morgan fingerprint density at radius 2 is 1.82 bits per heavy atom. The van der Waals surface area contributed by atoms with Crippen LogP contribution in [-0.4, -0.2) is 15.0 Å². The van der Waals surface area contributed by atoms with Crippen molar-refractivity contribution in [1.29, 1.82) is 0 Å². The molecule has 0 saturated heterocycles. The van der Waals surface area contributed by atoms with E-state index < -0.39 is 35.2 Å². The summed E-state index contributed by atoms with van der Waals surface area (Å²) < 4.78 is 29.7. The number of benzene rings is 2. The van der Waals surface area contributed by atoms with Gasteiger partial charge >= 0.3 is 11.1 Å². The molecule has 0 bridgehead atoms. The first-order chi connectivity index (χ1) is 13.3. The fourth-order valence-electron chi connectivity index (χ4n) is 2.60. The first-order valence-corrected chi connectivity index (χ1v) is 8.89. The molecular formula is C19H14BrF2N3O3. The van der Waals surface area contributed by atoms with Crippen LogP contribution in [0.1, 0.15) is 5.56 Å². The molecule has 0 aliphatic carbocycles. The highest BCUT2D eigenvalue weighted by atomic mass is 79.9. The number of amides is 1. The quantitative estimate of drug-likeness (QED) is 0.622. The van der Waals surface area contributed by atoms with Crippen LogP contribution in [0.25, 0.3) is 5.69 Å². The van der Waals surface area contributed by atoms with E-state index in [1.54, 1.807) is 13.0 Å². The van der Waals surface area contributed by atoms with Gasteiger partial charge in [-0.05, 0) is 42.8 Å². The summed E-state index contributed by atoms with van der Waals surface area (Å²) in [7, 11) is 0. The van der Waals surface area contributed by atoms with Crippen molar-refractivity contribution in [2.45, 2.75) is 13.5 Å². The Morgan fingerprint density at radius 1 is 1.07 bits per heavy atom. The monoisotopic (exact) mass is 449 g/mol. The van der Waals surface area contributed by atoms with Gasteiger partial charge in [-0.25, -0.2) is 8.78 Å². The Bertz CT molecular complexity index is 1190. The number of nitrogens with one attached hydrogen (secondary N) is 1. The third kappa shape index (κ3) is 4.09. The molecule has 1 N–H and O–H groups in total. The number of hydrogen-bond acceptors (Lipinski definition) is 3. The molecule has 2 aromatic carbocycles. The lowest BCUT2D eigenvalue weighted by Crippen LogP contribution is -2.41. The molecule has 0 aliphatic heterocycles. The third-order valence-corrected chi connectivity index (χ3v) is 4.50. The Hall–Kier alpha value is -3.07. The second kappa shape index (κ2) is 7.89. The maximum atomic E-state index is 13.8. The number of aromatic nitrogens is 2. The summed E-state index contributed by atoms with van der Waals surface area (Å²) in [6.45, 7) is 1.19. The number of anilines is 1. The summed E-state index contributed by atoms with van der Waals surface area (Å²) in [6, 6.07) is 7.98. The van der Waals surface area contributed by atoms with Gasteiger partial charge in [0.15, 0.2) is 0 Å². The second-order valence-corrected chi connectivity index (χ2v) is 6.93. The standard InChI is InChI=1S/C19H14BrF2N3O3/c1-11-2-4-13(21)9-16(11)25-7-6-24(18(27)19(25)28)10-17(26)23-15-5-3-12(20)8-14(15)22/h2-9H,10H2,1H3,(H,23,26). The van der Waals surface area contributed by atoms with E-state index in [0.29, 0.717) is 10.0 Å². The van der Waals surface area contributed by atoms with Crippen LogP contribution >= 0.6 is 15.9 Å². The van der Waals surface area contributed by atoms with Gasteiger partial charge in [0, 0.05) is 16.9 Å². The van der Waals surface area contributed by atoms with Gasteiger partial charge in [-0.3, -0.25) is 23.5 Å². The fraction of sp³-hybridized carbons (Fsp3) is 0.105. The molecule has 1 amide bonds. The van der Waals surface area contributed by atoms with Crippen LogP contribution in [0, 0.1) is 18.6 Å². The number of nitrogens with zero attached hydrogens (tertiary/aromatic N) is 2. The summed E-state index contributed by atoms with van der Waals surface area (Å²) in [5.41, 5.74) is -1.11. The molecule has 0 unspecified atom stereocenters. The first-order valence-electron chi connectivity index (χ1n) is 8.10. The van der Waals surface area contributed by atoms with E-state index in [9.17, 15) is 23.2 Å². The van der Waals surface area contributed by atoms with E-state index in [-0.39, 0.29) is 11.4 Å². The van der Waals surface area contributed by atoms with E-state index in [1.165, 1.54) is 36.7 Å². The molecule has 3 aromatic rings. The highest BCUT2D eigenvalue weighted by Crippen LogP contribution is 2.19. The van der Waals surface area contributed by atoms with Gasteiger partial charge in [-0.15, -0.1) is 0 Å². The molecule has 9 heteroatoms. The van der Waals surface area contributed by atoms with E-state index in [2.05, 4.69) is 21.2 Å². The summed E-state index contributed by atoms with van der Waals surface area (Å²) >= 11 is 3.11. The third-order valence-electron chi connectivity index (χ3n) is 4.01. The van der Waals surface area contributed by atoms with Gasteiger partial charge in [0.1, 0.15) is 18.2 Å². The van der Waals surface area contributed by atoms with Crippen LogP contribution in [0.3, 0.4) is 0 Å². The number of aryl methyl sites for hydroxylation is 1. The maximum absolute atomic E-state index is 13.8. The van der Waals surface area contributed by atoms with Crippen molar-refractivity contribution >= 4 is 27.5 Å². The average molecular weight is 450 g/mol. The van der Waals surface area contributed by atoms with Crippen LogP contribution in [0.15, 0.2) is 62.9 Å². The summed E-state index contributed by atoms with van der Waals surface area (Å²) in [4.78, 5) is 36.9. The molecule has 0 fully saturated rings. The minimum absolute atomic E-state index is 0.0509.